The van der Waals surface area contributed by atoms with Crippen LogP contribution in [-0.2, 0) is 16.1 Å². The number of amides is 2. The van der Waals surface area contributed by atoms with E-state index in [2.05, 4.69) is 5.32 Å². The summed E-state index contributed by atoms with van der Waals surface area (Å²) < 4.78 is 0. The molecule has 0 unspecified atom stereocenters. The fraction of sp³-hybridized carbons (Fsp3) is 0.364. The number of thioether (sulfide) groups is 1. The Morgan fingerprint density at radius 2 is 1.64 bits per heavy atom. The van der Waals surface area contributed by atoms with Crippen molar-refractivity contribution in [3.05, 3.63) is 64.7 Å². The number of nitrogens with zero attached hydrogens (tertiary/aromatic N) is 1. The van der Waals surface area contributed by atoms with Crippen LogP contribution in [0.15, 0.2) is 53.4 Å². The molecule has 0 saturated carbocycles. The van der Waals surface area contributed by atoms with E-state index in [1.807, 2.05) is 57.2 Å². The van der Waals surface area contributed by atoms with Gasteiger partial charge in [-0.15, -0.1) is 11.8 Å². The molecule has 2 aromatic carbocycles. The minimum Gasteiger partial charge on any atom is -0.352 e. The maximum Gasteiger partial charge on any atom is 0.242 e. The molecule has 2 aromatic rings. The van der Waals surface area contributed by atoms with Gasteiger partial charge in [0.05, 0.1) is 5.75 Å². The van der Waals surface area contributed by atoms with Crippen LogP contribution >= 0.6 is 23.4 Å². The quantitative estimate of drug-likeness (QED) is 0.633. The summed E-state index contributed by atoms with van der Waals surface area (Å²) in [7, 11) is 0. The predicted octanol–water partition coefficient (Wildman–Crippen LogP) is 4.68. The molecule has 1 N–H and O–H groups in total. The van der Waals surface area contributed by atoms with E-state index < -0.39 is 6.04 Å². The number of carbonyl (C=O) groups is 2. The van der Waals surface area contributed by atoms with E-state index in [0.717, 1.165) is 10.5 Å². The molecular weight excluding hydrogens is 392 g/mol. The molecule has 28 heavy (non-hydrogen) atoms. The van der Waals surface area contributed by atoms with Crippen LogP contribution < -0.4 is 5.32 Å². The molecule has 0 saturated heterocycles. The van der Waals surface area contributed by atoms with Crippen molar-refractivity contribution in [2.45, 2.75) is 51.2 Å². The van der Waals surface area contributed by atoms with Gasteiger partial charge in [-0.3, -0.25) is 9.59 Å². The summed E-state index contributed by atoms with van der Waals surface area (Å²) in [5.74, 6) is 0.0419. The summed E-state index contributed by atoms with van der Waals surface area (Å²) in [6, 6.07) is 14.9. The van der Waals surface area contributed by atoms with E-state index in [0.29, 0.717) is 11.6 Å². The molecule has 1 atom stereocenters. The van der Waals surface area contributed by atoms with Crippen LogP contribution in [0.4, 0.5) is 0 Å². The van der Waals surface area contributed by atoms with Gasteiger partial charge in [0.15, 0.2) is 0 Å². The average molecular weight is 419 g/mol. The van der Waals surface area contributed by atoms with Crippen molar-refractivity contribution < 1.29 is 9.59 Å². The molecule has 0 aliphatic rings. The normalized spacial score (nSPS) is 11.9. The van der Waals surface area contributed by atoms with Crippen LogP contribution in [0.2, 0.25) is 5.02 Å². The van der Waals surface area contributed by atoms with Gasteiger partial charge in [-0.1, -0.05) is 41.4 Å². The van der Waals surface area contributed by atoms with Crippen LogP contribution in [-0.4, -0.2) is 34.6 Å². The van der Waals surface area contributed by atoms with Crippen molar-refractivity contribution in [2.24, 2.45) is 0 Å². The third kappa shape index (κ3) is 6.88. The van der Waals surface area contributed by atoms with Gasteiger partial charge in [0.2, 0.25) is 11.8 Å². The molecule has 6 heteroatoms. The number of aryl methyl sites for hydroxylation is 1. The first-order valence-corrected chi connectivity index (χ1v) is 10.7. The van der Waals surface area contributed by atoms with Gasteiger partial charge >= 0.3 is 0 Å². The van der Waals surface area contributed by atoms with Crippen LogP contribution in [0.3, 0.4) is 0 Å². The lowest BCUT2D eigenvalue weighted by Gasteiger charge is -2.29. The highest BCUT2D eigenvalue weighted by Crippen LogP contribution is 2.20. The van der Waals surface area contributed by atoms with Gasteiger partial charge in [0, 0.05) is 22.5 Å². The smallest absolute Gasteiger partial charge is 0.242 e. The number of nitrogens with one attached hydrogen (secondary N) is 1. The first-order chi connectivity index (χ1) is 13.3. The van der Waals surface area contributed by atoms with Gasteiger partial charge in [0.1, 0.15) is 6.04 Å². The van der Waals surface area contributed by atoms with Gasteiger partial charge in [-0.2, -0.15) is 0 Å². The maximum absolute atomic E-state index is 13.0. The van der Waals surface area contributed by atoms with Crippen LogP contribution in [0.25, 0.3) is 0 Å². The highest BCUT2D eigenvalue weighted by molar-refractivity contribution is 8.00. The van der Waals surface area contributed by atoms with Crippen molar-refractivity contribution in [1.82, 2.24) is 10.2 Å². The molecule has 2 rings (SSSR count). The van der Waals surface area contributed by atoms with E-state index in [1.54, 1.807) is 24.0 Å². The van der Waals surface area contributed by atoms with E-state index in [-0.39, 0.29) is 23.6 Å². The number of halogens is 1. The molecule has 0 heterocycles. The first-order valence-electron chi connectivity index (χ1n) is 9.30. The number of hydrogen-bond donors (Lipinski definition) is 1. The lowest BCUT2D eigenvalue weighted by molar-refractivity contribution is -0.138. The van der Waals surface area contributed by atoms with Crippen LogP contribution in [0, 0.1) is 6.92 Å². The van der Waals surface area contributed by atoms with E-state index in [9.17, 15) is 9.59 Å². The topological polar surface area (TPSA) is 49.4 Å². The highest BCUT2D eigenvalue weighted by Gasteiger charge is 2.26. The summed E-state index contributed by atoms with van der Waals surface area (Å²) in [5, 5.41) is 3.53. The third-order valence-electron chi connectivity index (χ3n) is 4.25. The second-order valence-corrected chi connectivity index (χ2v) is 8.57. The highest BCUT2D eigenvalue weighted by atomic mass is 35.5. The van der Waals surface area contributed by atoms with Gasteiger partial charge in [-0.05, 0) is 57.5 Å². The molecular formula is C22H27ClN2O2S. The molecule has 0 spiro atoms. The van der Waals surface area contributed by atoms with Gasteiger partial charge in [0.25, 0.3) is 0 Å². The first kappa shape index (κ1) is 22.3. The minimum absolute atomic E-state index is 0.0179. The zero-order chi connectivity index (χ0) is 20.7. The maximum atomic E-state index is 13.0. The van der Waals surface area contributed by atoms with Crippen LogP contribution in [0.1, 0.15) is 31.9 Å². The van der Waals surface area contributed by atoms with Crippen molar-refractivity contribution in [2.75, 3.05) is 5.75 Å². The SMILES string of the molecule is Cc1ccc(SCC(=O)N(Cc2ccc(Cl)cc2)[C@@H](C)C(=O)NC(C)C)cc1. The lowest BCUT2D eigenvalue weighted by atomic mass is 10.1. The Hall–Kier alpha value is -1.98. The Kier molecular flexibility index (Phi) is 8.39. The monoisotopic (exact) mass is 418 g/mol. The Bertz CT molecular complexity index is 791. The van der Waals surface area contributed by atoms with Crippen LogP contribution in [0.5, 0.6) is 0 Å². The molecule has 0 aliphatic heterocycles. The van der Waals surface area contributed by atoms with E-state index in [4.69, 9.17) is 11.6 Å². The predicted molar refractivity (Wildman–Crippen MR) is 117 cm³/mol. The Morgan fingerprint density at radius 1 is 1.04 bits per heavy atom. The molecule has 0 fully saturated rings. The standard InChI is InChI=1S/C22H27ClN2O2S/c1-15(2)24-22(27)17(4)25(13-18-7-9-19(23)10-8-18)21(26)14-28-20-11-5-16(3)6-12-20/h5-12,15,17H,13-14H2,1-4H3,(H,24,27)/t17-/m0/s1. The fourth-order valence-corrected chi connectivity index (χ4v) is 3.55. The summed E-state index contributed by atoms with van der Waals surface area (Å²) in [6.07, 6.45) is 0. The van der Waals surface area contributed by atoms with Crippen molar-refractivity contribution >= 4 is 35.2 Å². The molecule has 0 aliphatic carbocycles. The number of benzene rings is 2. The second kappa shape index (κ2) is 10.5. The Balaban J connectivity index is 2.12. The Morgan fingerprint density at radius 3 is 2.21 bits per heavy atom. The molecule has 150 valence electrons. The molecule has 0 bridgehead atoms. The van der Waals surface area contributed by atoms with E-state index in [1.165, 1.54) is 17.3 Å². The average Bonchev–Trinajstić information content (AvgIpc) is 2.65. The minimum atomic E-state index is -0.566. The molecule has 2 amide bonds. The third-order valence-corrected chi connectivity index (χ3v) is 5.50. The largest absolute Gasteiger partial charge is 0.352 e. The summed E-state index contributed by atoms with van der Waals surface area (Å²) in [6.45, 7) is 7.97. The van der Waals surface area contributed by atoms with Gasteiger partial charge in [-0.25, -0.2) is 0 Å². The number of carbonyl (C=O) groups excluding carboxylic acids is 2. The fourth-order valence-electron chi connectivity index (χ4n) is 2.64. The van der Waals surface area contributed by atoms with Crippen molar-refractivity contribution in [3.8, 4) is 0 Å². The summed E-state index contributed by atoms with van der Waals surface area (Å²) in [5.41, 5.74) is 2.11. The molecule has 0 radical (unpaired) electrons. The van der Waals surface area contributed by atoms with Crippen molar-refractivity contribution in [1.29, 1.82) is 0 Å². The molecule has 4 nitrogen and oxygen atoms in total. The Labute approximate surface area is 176 Å². The summed E-state index contributed by atoms with van der Waals surface area (Å²) in [4.78, 5) is 28.2. The zero-order valence-electron chi connectivity index (χ0n) is 16.7. The lowest BCUT2D eigenvalue weighted by Crippen LogP contribution is -2.49. The second-order valence-electron chi connectivity index (χ2n) is 7.09. The summed E-state index contributed by atoms with van der Waals surface area (Å²) >= 11 is 7.44. The van der Waals surface area contributed by atoms with Gasteiger partial charge < -0.3 is 10.2 Å². The number of hydrogen-bond acceptors (Lipinski definition) is 3. The van der Waals surface area contributed by atoms with Crippen molar-refractivity contribution in [3.63, 3.8) is 0 Å². The molecule has 0 aromatic heterocycles. The van der Waals surface area contributed by atoms with E-state index >= 15 is 0 Å². The number of rotatable bonds is 8. The zero-order valence-corrected chi connectivity index (χ0v) is 18.3.